The van der Waals surface area contributed by atoms with E-state index in [4.69, 9.17) is 11.6 Å². The molecule has 0 aliphatic carbocycles. The van der Waals surface area contributed by atoms with E-state index < -0.39 is 6.10 Å². The predicted molar refractivity (Wildman–Crippen MR) is 85.0 cm³/mol. The van der Waals surface area contributed by atoms with Crippen LogP contribution in [0, 0.1) is 0 Å². The predicted octanol–water partition coefficient (Wildman–Crippen LogP) is 4.73. The summed E-state index contributed by atoms with van der Waals surface area (Å²) in [5.41, 5.74) is 2.22. The highest BCUT2D eigenvalue weighted by Crippen LogP contribution is 2.33. The lowest BCUT2D eigenvalue weighted by Crippen LogP contribution is -2.02. The van der Waals surface area contributed by atoms with Crippen molar-refractivity contribution in [1.29, 1.82) is 0 Å². The Labute approximate surface area is 130 Å². The van der Waals surface area contributed by atoms with Gasteiger partial charge < -0.3 is 5.11 Å². The van der Waals surface area contributed by atoms with Gasteiger partial charge in [0.05, 0.1) is 5.52 Å². The number of halogens is 2. The maximum atomic E-state index is 10.6. The Morgan fingerprint density at radius 3 is 2.65 bits per heavy atom. The molecule has 100 valence electrons. The molecule has 2 nitrogen and oxygen atoms in total. The number of benzene rings is 2. The van der Waals surface area contributed by atoms with Crippen LogP contribution < -0.4 is 0 Å². The first-order valence-electron chi connectivity index (χ1n) is 6.13. The molecular weight excluding hydrogens is 338 g/mol. The van der Waals surface area contributed by atoms with E-state index in [2.05, 4.69) is 20.9 Å². The zero-order valence-electron chi connectivity index (χ0n) is 10.4. The molecule has 3 rings (SSSR count). The van der Waals surface area contributed by atoms with Crippen molar-refractivity contribution in [3.8, 4) is 0 Å². The molecule has 4 heteroatoms. The van der Waals surface area contributed by atoms with E-state index in [1.165, 1.54) is 0 Å². The number of aromatic nitrogens is 1. The minimum atomic E-state index is -0.797. The van der Waals surface area contributed by atoms with Gasteiger partial charge in [-0.1, -0.05) is 57.9 Å². The minimum absolute atomic E-state index is 0.528. The molecule has 1 N–H and O–H groups in total. The first-order chi connectivity index (χ1) is 9.66. The van der Waals surface area contributed by atoms with Crippen molar-refractivity contribution in [2.75, 3.05) is 0 Å². The number of fused-ring (bicyclic) bond motifs is 1. The second-order valence-electron chi connectivity index (χ2n) is 4.49. The summed E-state index contributed by atoms with van der Waals surface area (Å²) in [4.78, 5) is 4.36. The van der Waals surface area contributed by atoms with Gasteiger partial charge in [-0.3, -0.25) is 4.98 Å². The fraction of sp³-hybridized carbons (Fsp3) is 0.0625. The fourth-order valence-corrected chi connectivity index (χ4v) is 3.02. The molecule has 0 fully saturated rings. The van der Waals surface area contributed by atoms with Gasteiger partial charge in [0.25, 0.3) is 0 Å². The molecule has 1 atom stereocenters. The molecule has 1 heterocycles. The molecule has 0 saturated carbocycles. The van der Waals surface area contributed by atoms with Gasteiger partial charge in [-0.2, -0.15) is 0 Å². The zero-order chi connectivity index (χ0) is 14.1. The molecule has 0 aliphatic heterocycles. The number of hydrogen-bond acceptors (Lipinski definition) is 2. The summed E-state index contributed by atoms with van der Waals surface area (Å²) in [5, 5.41) is 12.1. The lowest BCUT2D eigenvalue weighted by Gasteiger charge is -2.15. The van der Waals surface area contributed by atoms with E-state index in [-0.39, 0.29) is 0 Å². The number of aliphatic hydroxyl groups is 1. The highest BCUT2D eigenvalue weighted by Gasteiger charge is 2.17. The summed E-state index contributed by atoms with van der Waals surface area (Å²) in [7, 11) is 0. The fourth-order valence-electron chi connectivity index (χ4n) is 2.24. The molecule has 20 heavy (non-hydrogen) atoms. The lowest BCUT2D eigenvalue weighted by atomic mass is 9.99. The molecule has 0 bridgehead atoms. The maximum Gasteiger partial charge on any atom is 0.108 e. The van der Waals surface area contributed by atoms with Crippen molar-refractivity contribution in [1.82, 2.24) is 4.98 Å². The molecule has 0 aliphatic rings. The molecule has 1 unspecified atom stereocenters. The maximum absolute atomic E-state index is 10.6. The average Bonchev–Trinajstić information content (AvgIpc) is 2.46. The Hall–Kier alpha value is -1.42. The van der Waals surface area contributed by atoms with Gasteiger partial charge in [-0.15, -0.1) is 0 Å². The summed E-state index contributed by atoms with van der Waals surface area (Å²) in [6.45, 7) is 0. The van der Waals surface area contributed by atoms with Crippen LogP contribution in [0.25, 0.3) is 10.9 Å². The van der Waals surface area contributed by atoms with E-state index >= 15 is 0 Å². The Bertz CT molecular complexity index is 770. The highest BCUT2D eigenvalue weighted by atomic mass is 79.9. The van der Waals surface area contributed by atoms with Gasteiger partial charge in [0.2, 0.25) is 0 Å². The monoisotopic (exact) mass is 347 g/mol. The minimum Gasteiger partial charge on any atom is -0.384 e. The van der Waals surface area contributed by atoms with E-state index in [1.54, 1.807) is 12.3 Å². The second-order valence-corrected chi connectivity index (χ2v) is 5.81. The molecular formula is C16H11BrClNO. The van der Waals surface area contributed by atoms with Crippen molar-refractivity contribution in [2.24, 2.45) is 0 Å². The Kier molecular flexibility index (Phi) is 3.74. The number of aliphatic hydroxyl groups excluding tert-OH is 1. The second kappa shape index (κ2) is 5.52. The molecule has 0 radical (unpaired) electrons. The Morgan fingerprint density at radius 2 is 1.85 bits per heavy atom. The van der Waals surface area contributed by atoms with Crippen LogP contribution in [0.3, 0.4) is 0 Å². The van der Waals surface area contributed by atoms with Gasteiger partial charge in [0, 0.05) is 32.2 Å². The Morgan fingerprint density at radius 1 is 1.05 bits per heavy atom. The first kappa shape index (κ1) is 13.6. The standard InChI is InChI=1S/C16H11BrClNO/c17-11-6-7-12(14(18)9-11)16(20)13-5-1-3-10-4-2-8-19-15(10)13/h1-9,16,20H. The summed E-state index contributed by atoms with van der Waals surface area (Å²) in [6, 6.07) is 15.1. The summed E-state index contributed by atoms with van der Waals surface area (Å²) in [5.74, 6) is 0. The van der Waals surface area contributed by atoms with E-state index in [9.17, 15) is 5.11 Å². The van der Waals surface area contributed by atoms with Gasteiger partial charge in [-0.05, 0) is 18.2 Å². The van der Waals surface area contributed by atoms with Crippen molar-refractivity contribution < 1.29 is 5.11 Å². The third kappa shape index (κ3) is 2.44. The third-order valence-corrected chi connectivity index (χ3v) is 4.04. The zero-order valence-corrected chi connectivity index (χ0v) is 12.8. The van der Waals surface area contributed by atoms with Crippen LogP contribution >= 0.6 is 27.5 Å². The van der Waals surface area contributed by atoms with Gasteiger partial charge >= 0.3 is 0 Å². The van der Waals surface area contributed by atoms with Crippen LogP contribution in [0.4, 0.5) is 0 Å². The molecule has 0 saturated heterocycles. The van der Waals surface area contributed by atoms with Crippen LogP contribution in [-0.2, 0) is 0 Å². The number of hydrogen-bond donors (Lipinski definition) is 1. The van der Waals surface area contributed by atoms with Crippen molar-refractivity contribution in [3.63, 3.8) is 0 Å². The van der Waals surface area contributed by atoms with Crippen LogP contribution in [0.1, 0.15) is 17.2 Å². The SMILES string of the molecule is OC(c1ccc(Br)cc1Cl)c1cccc2cccnc12. The highest BCUT2D eigenvalue weighted by molar-refractivity contribution is 9.10. The molecule has 0 amide bonds. The number of para-hydroxylation sites is 1. The first-order valence-corrected chi connectivity index (χ1v) is 7.30. The third-order valence-electron chi connectivity index (χ3n) is 3.22. The van der Waals surface area contributed by atoms with Gasteiger partial charge in [0.15, 0.2) is 0 Å². The molecule has 0 spiro atoms. The quantitative estimate of drug-likeness (QED) is 0.726. The lowest BCUT2D eigenvalue weighted by molar-refractivity contribution is 0.222. The smallest absolute Gasteiger partial charge is 0.108 e. The summed E-state index contributed by atoms with van der Waals surface area (Å²) >= 11 is 9.58. The number of rotatable bonds is 2. The summed E-state index contributed by atoms with van der Waals surface area (Å²) in [6.07, 6.45) is 0.927. The number of pyridine rings is 1. The van der Waals surface area contributed by atoms with Crippen LogP contribution in [0.5, 0.6) is 0 Å². The van der Waals surface area contributed by atoms with Crippen LogP contribution in [0.15, 0.2) is 59.2 Å². The van der Waals surface area contributed by atoms with Crippen molar-refractivity contribution in [3.05, 3.63) is 75.4 Å². The van der Waals surface area contributed by atoms with Crippen LogP contribution in [0.2, 0.25) is 5.02 Å². The topological polar surface area (TPSA) is 33.1 Å². The van der Waals surface area contributed by atoms with E-state index in [0.717, 1.165) is 20.9 Å². The van der Waals surface area contributed by atoms with Gasteiger partial charge in [0.1, 0.15) is 6.10 Å². The Balaban J connectivity index is 2.15. The molecule has 3 aromatic rings. The normalized spacial score (nSPS) is 12.6. The summed E-state index contributed by atoms with van der Waals surface area (Å²) < 4.78 is 0.884. The van der Waals surface area contributed by atoms with Crippen molar-refractivity contribution in [2.45, 2.75) is 6.10 Å². The van der Waals surface area contributed by atoms with Gasteiger partial charge in [-0.25, -0.2) is 0 Å². The average molecular weight is 349 g/mol. The van der Waals surface area contributed by atoms with Crippen LogP contribution in [-0.4, -0.2) is 10.1 Å². The number of nitrogens with zero attached hydrogens (tertiary/aromatic N) is 1. The molecule has 2 aromatic carbocycles. The van der Waals surface area contributed by atoms with E-state index in [0.29, 0.717) is 10.6 Å². The van der Waals surface area contributed by atoms with E-state index in [1.807, 2.05) is 42.5 Å². The molecule has 1 aromatic heterocycles. The van der Waals surface area contributed by atoms with Crippen molar-refractivity contribution >= 4 is 38.4 Å². The largest absolute Gasteiger partial charge is 0.384 e.